The van der Waals surface area contributed by atoms with E-state index in [1.807, 2.05) is 0 Å². The number of piperidine rings is 1. The largest absolute Gasteiger partial charge is 0.383 e. The van der Waals surface area contributed by atoms with Crippen molar-refractivity contribution in [3.8, 4) is 0 Å². The van der Waals surface area contributed by atoms with Crippen LogP contribution in [0.4, 0.5) is 0 Å². The van der Waals surface area contributed by atoms with E-state index < -0.39 is 0 Å². The predicted octanol–water partition coefficient (Wildman–Crippen LogP) is 2.05. The standard InChI is InChI=1S/C15H18N2O2/c18-15-10-14(19-17-15)12-6-7-16-13(9-12)8-11-4-2-1-3-5-11/h1-5,10,12-13,16H,6-9H2,(H,17,18)/t12-,13+/m0/s1/i1D,2D,3D,4D,5D. The number of hydrogen-bond donors (Lipinski definition) is 2. The van der Waals surface area contributed by atoms with Crippen LogP contribution in [0.15, 0.2) is 45.6 Å². The molecule has 1 saturated heterocycles. The topological polar surface area (TPSA) is 58.0 Å². The van der Waals surface area contributed by atoms with E-state index >= 15 is 0 Å². The molecule has 1 aliphatic heterocycles. The Hall–Kier alpha value is -1.81. The molecule has 1 aliphatic rings. The fraction of sp³-hybridized carbons (Fsp3) is 0.400. The van der Waals surface area contributed by atoms with E-state index in [1.165, 1.54) is 6.07 Å². The van der Waals surface area contributed by atoms with E-state index in [9.17, 15) is 4.79 Å². The third-order valence-corrected chi connectivity index (χ3v) is 3.44. The van der Waals surface area contributed by atoms with Crippen molar-refractivity contribution in [3.63, 3.8) is 0 Å². The highest BCUT2D eigenvalue weighted by atomic mass is 16.5. The lowest BCUT2D eigenvalue weighted by atomic mass is 9.87. The minimum absolute atomic E-state index is 0.0486. The first-order chi connectivity index (χ1) is 11.4. The summed E-state index contributed by atoms with van der Waals surface area (Å²) in [7, 11) is 0. The van der Waals surface area contributed by atoms with Gasteiger partial charge in [-0.1, -0.05) is 30.2 Å². The second kappa shape index (κ2) is 5.45. The quantitative estimate of drug-likeness (QED) is 0.891. The van der Waals surface area contributed by atoms with Gasteiger partial charge in [-0.25, -0.2) is 0 Å². The van der Waals surface area contributed by atoms with Crippen LogP contribution in [0.5, 0.6) is 0 Å². The van der Waals surface area contributed by atoms with Gasteiger partial charge in [-0.3, -0.25) is 4.79 Å². The second-order valence-electron chi connectivity index (χ2n) is 4.80. The number of aromatic amines is 1. The summed E-state index contributed by atoms with van der Waals surface area (Å²) < 4.78 is 44.3. The van der Waals surface area contributed by atoms with Gasteiger partial charge in [0.2, 0.25) is 0 Å². The van der Waals surface area contributed by atoms with Crippen LogP contribution in [0.1, 0.15) is 36.9 Å². The highest BCUT2D eigenvalue weighted by molar-refractivity contribution is 5.17. The van der Waals surface area contributed by atoms with Gasteiger partial charge in [0.25, 0.3) is 5.56 Å². The van der Waals surface area contributed by atoms with Gasteiger partial charge in [0, 0.05) is 18.0 Å². The van der Waals surface area contributed by atoms with Crippen LogP contribution >= 0.6 is 0 Å². The van der Waals surface area contributed by atoms with Crippen molar-refractivity contribution in [1.29, 1.82) is 0 Å². The fourth-order valence-electron chi connectivity index (χ4n) is 2.54. The zero-order chi connectivity index (χ0) is 17.4. The number of rotatable bonds is 3. The van der Waals surface area contributed by atoms with Gasteiger partial charge >= 0.3 is 0 Å². The van der Waals surface area contributed by atoms with Crippen LogP contribution in [0.25, 0.3) is 0 Å². The summed E-state index contributed by atoms with van der Waals surface area (Å²) in [5, 5.41) is 5.60. The zero-order valence-electron chi connectivity index (χ0n) is 15.4. The van der Waals surface area contributed by atoms with Crippen LogP contribution in [-0.4, -0.2) is 17.7 Å². The Morgan fingerprint density at radius 1 is 1.37 bits per heavy atom. The molecular formula is C15H18N2O2. The smallest absolute Gasteiger partial charge is 0.280 e. The molecule has 1 aromatic carbocycles. The summed E-state index contributed by atoms with van der Waals surface area (Å²) in [6.07, 6.45) is 1.82. The first-order valence-electron chi connectivity index (χ1n) is 8.86. The molecule has 0 radical (unpaired) electrons. The molecule has 19 heavy (non-hydrogen) atoms. The summed E-state index contributed by atoms with van der Waals surface area (Å²) >= 11 is 0. The zero-order valence-corrected chi connectivity index (χ0v) is 10.4. The number of nitrogens with one attached hydrogen (secondary N) is 2. The molecule has 3 rings (SSSR count). The van der Waals surface area contributed by atoms with Gasteiger partial charge in [-0.2, -0.15) is 5.16 Å². The molecule has 0 bridgehead atoms. The maximum atomic E-state index is 11.2. The van der Waals surface area contributed by atoms with Crippen molar-refractivity contribution in [2.45, 2.75) is 31.2 Å². The van der Waals surface area contributed by atoms with Gasteiger partial charge in [0.15, 0.2) is 0 Å². The average molecular weight is 263 g/mol. The van der Waals surface area contributed by atoms with Crippen molar-refractivity contribution < 1.29 is 11.4 Å². The summed E-state index contributed by atoms with van der Waals surface area (Å²) in [5.74, 6) is 0.674. The van der Waals surface area contributed by atoms with Gasteiger partial charge in [0.05, 0.1) is 6.85 Å². The van der Waals surface area contributed by atoms with Gasteiger partial charge in [-0.15, -0.1) is 0 Å². The lowest BCUT2D eigenvalue weighted by Gasteiger charge is -2.29. The van der Waals surface area contributed by atoms with E-state index in [-0.39, 0.29) is 47.7 Å². The Kier molecular flexibility index (Phi) is 2.21. The Labute approximate surface area is 118 Å². The van der Waals surface area contributed by atoms with Crippen LogP contribution in [0.3, 0.4) is 0 Å². The van der Waals surface area contributed by atoms with Crippen molar-refractivity contribution in [3.05, 3.63) is 58.0 Å². The minimum atomic E-state index is -0.377. The summed E-state index contributed by atoms with van der Waals surface area (Å²) in [6, 6.07) is 0.0865. The molecule has 100 valence electrons. The molecule has 2 N–H and O–H groups in total. The van der Waals surface area contributed by atoms with E-state index in [2.05, 4.69) is 10.5 Å². The van der Waals surface area contributed by atoms with Gasteiger partial charge < -0.3 is 9.84 Å². The Morgan fingerprint density at radius 3 is 2.95 bits per heavy atom. The molecule has 2 aromatic rings. The monoisotopic (exact) mass is 263 g/mol. The molecule has 1 fully saturated rings. The molecule has 2 heterocycles. The maximum absolute atomic E-state index is 11.2. The van der Waals surface area contributed by atoms with E-state index in [0.29, 0.717) is 30.7 Å². The normalized spacial score (nSPS) is 27.1. The molecule has 0 aliphatic carbocycles. The maximum Gasteiger partial charge on any atom is 0.280 e. The highest BCUT2D eigenvalue weighted by Gasteiger charge is 2.25. The van der Waals surface area contributed by atoms with Crippen LogP contribution < -0.4 is 10.9 Å². The molecule has 0 unspecified atom stereocenters. The first-order valence-corrected chi connectivity index (χ1v) is 6.36. The predicted molar refractivity (Wildman–Crippen MR) is 73.2 cm³/mol. The van der Waals surface area contributed by atoms with E-state index in [4.69, 9.17) is 11.4 Å². The second-order valence-corrected chi connectivity index (χ2v) is 4.80. The number of aromatic nitrogens is 1. The van der Waals surface area contributed by atoms with Gasteiger partial charge in [0.1, 0.15) is 5.76 Å². The van der Waals surface area contributed by atoms with Crippen molar-refractivity contribution in [1.82, 2.24) is 10.5 Å². The Balaban J connectivity index is 1.82. The van der Waals surface area contributed by atoms with Crippen LogP contribution in [0.2, 0.25) is 0 Å². The first kappa shape index (κ1) is 7.70. The van der Waals surface area contributed by atoms with Crippen molar-refractivity contribution >= 4 is 0 Å². The van der Waals surface area contributed by atoms with Crippen molar-refractivity contribution in [2.75, 3.05) is 6.54 Å². The number of H-pyrrole nitrogens is 1. The molecule has 0 amide bonds. The van der Waals surface area contributed by atoms with Gasteiger partial charge in [-0.05, 0) is 31.4 Å². The third kappa shape index (κ3) is 2.96. The molecule has 2 atom stereocenters. The molecule has 0 spiro atoms. The third-order valence-electron chi connectivity index (χ3n) is 3.44. The van der Waals surface area contributed by atoms with E-state index in [1.54, 1.807) is 0 Å². The van der Waals surface area contributed by atoms with Crippen LogP contribution in [-0.2, 0) is 6.42 Å². The molecule has 4 heteroatoms. The number of hydrogen-bond acceptors (Lipinski definition) is 3. The van der Waals surface area contributed by atoms with E-state index in [0.717, 1.165) is 6.42 Å². The molecule has 0 saturated carbocycles. The van der Waals surface area contributed by atoms with Crippen molar-refractivity contribution in [2.24, 2.45) is 0 Å². The lowest BCUT2D eigenvalue weighted by molar-refractivity contribution is 0.292. The summed E-state index contributed by atoms with van der Waals surface area (Å²) in [5.41, 5.74) is 0.0420. The number of benzene rings is 1. The summed E-state index contributed by atoms with van der Waals surface area (Å²) in [4.78, 5) is 11.2. The SMILES string of the molecule is [2H]c1c([2H])c([2H])c(C[C@@H]2C[C@@H](c3cc(=O)[nH]o3)CCN2)c([2H])c1[2H]. The minimum Gasteiger partial charge on any atom is -0.383 e. The fourth-order valence-corrected chi connectivity index (χ4v) is 2.54. The molecule has 1 aromatic heterocycles. The highest BCUT2D eigenvalue weighted by Crippen LogP contribution is 2.27. The average Bonchev–Trinajstić information content (AvgIpc) is 3.02. The summed E-state index contributed by atoms with van der Waals surface area (Å²) in [6.45, 7) is 0.711. The molecular weight excluding hydrogens is 240 g/mol. The Morgan fingerprint density at radius 2 is 2.21 bits per heavy atom. The van der Waals surface area contributed by atoms with Crippen LogP contribution in [0, 0.1) is 0 Å². The lowest BCUT2D eigenvalue weighted by Crippen LogP contribution is -2.38. The Bertz CT molecular complexity index is 788. The molecule has 4 nitrogen and oxygen atoms in total.